The first-order valence-corrected chi connectivity index (χ1v) is 6.64. The van der Waals surface area contributed by atoms with Crippen molar-refractivity contribution in [3.8, 4) is 0 Å². The van der Waals surface area contributed by atoms with Gasteiger partial charge in [0.1, 0.15) is 0 Å². The molecular formula is C15H22N2O3. The van der Waals surface area contributed by atoms with Gasteiger partial charge < -0.3 is 15.7 Å². The molecule has 1 atom stereocenters. The molecule has 0 bridgehead atoms. The second kappa shape index (κ2) is 6.93. The number of carbonyl (C=O) groups excluding carboxylic acids is 1. The molecule has 2 amide bonds. The summed E-state index contributed by atoms with van der Waals surface area (Å²) in [5.74, 6) is -0.955. The van der Waals surface area contributed by atoms with Crippen molar-refractivity contribution >= 4 is 17.7 Å². The largest absolute Gasteiger partial charge is 0.481 e. The number of nitrogens with one attached hydrogen (secondary N) is 2. The number of carboxylic acids is 1. The van der Waals surface area contributed by atoms with Gasteiger partial charge in [-0.2, -0.15) is 0 Å². The SMILES string of the molecule is Cc1cc(C)c(NC(=O)NCC(C)CC(=O)O)c(C)c1. The van der Waals surface area contributed by atoms with E-state index in [-0.39, 0.29) is 18.4 Å². The molecule has 0 fully saturated rings. The summed E-state index contributed by atoms with van der Waals surface area (Å²) in [5, 5.41) is 14.2. The number of benzene rings is 1. The van der Waals surface area contributed by atoms with Crippen LogP contribution in [0.4, 0.5) is 10.5 Å². The highest BCUT2D eigenvalue weighted by atomic mass is 16.4. The number of amides is 2. The van der Waals surface area contributed by atoms with E-state index in [4.69, 9.17) is 5.11 Å². The van der Waals surface area contributed by atoms with Gasteiger partial charge in [-0.05, 0) is 37.8 Å². The normalized spacial score (nSPS) is 11.8. The van der Waals surface area contributed by atoms with E-state index < -0.39 is 5.97 Å². The van der Waals surface area contributed by atoms with Gasteiger partial charge in [0.25, 0.3) is 0 Å². The van der Waals surface area contributed by atoms with Crippen molar-refractivity contribution in [2.24, 2.45) is 5.92 Å². The van der Waals surface area contributed by atoms with Gasteiger partial charge in [0.2, 0.25) is 0 Å². The van der Waals surface area contributed by atoms with E-state index in [2.05, 4.69) is 10.6 Å². The highest BCUT2D eigenvalue weighted by Gasteiger charge is 2.11. The number of carbonyl (C=O) groups is 2. The molecule has 0 aliphatic carbocycles. The highest BCUT2D eigenvalue weighted by Crippen LogP contribution is 2.21. The number of hydrogen-bond acceptors (Lipinski definition) is 2. The van der Waals surface area contributed by atoms with Crippen molar-refractivity contribution in [3.05, 3.63) is 28.8 Å². The standard InChI is InChI=1S/C15H22N2O3/c1-9-5-11(3)14(12(4)6-9)17-15(20)16-8-10(2)7-13(18)19/h5-6,10H,7-8H2,1-4H3,(H,18,19)(H2,16,17,20). The molecule has 0 aliphatic rings. The van der Waals surface area contributed by atoms with Gasteiger partial charge in [-0.1, -0.05) is 24.6 Å². The first-order valence-electron chi connectivity index (χ1n) is 6.64. The van der Waals surface area contributed by atoms with Crippen molar-refractivity contribution in [3.63, 3.8) is 0 Å². The Hall–Kier alpha value is -2.04. The predicted octanol–water partition coefficient (Wildman–Crippen LogP) is 2.84. The van der Waals surface area contributed by atoms with Crippen LogP contribution in [0.15, 0.2) is 12.1 Å². The molecule has 1 aromatic rings. The average molecular weight is 278 g/mol. The van der Waals surface area contributed by atoms with Crippen LogP contribution in [0.3, 0.4) is 0 Å². The highest BCUT2D eigenvalue weighted by molar-refractivity contribution is 5.91. The topological polar surface area (TPSA) is 78.4 Å². The summed E-state index contributed by atoms with van der Waals surface area (Å²) in [6, 6.07) is 3.71. The summed E-state index contributed by atoms with van der Waals surface area (Å²) >= 11 is 0. The van der Waals surface area contributed by atoms with Gasteiger partial charge in [0.05, 0.1) is 0 Å². The van der Waals surface area contributed by atoms with Crippen LogP contribution in [0, 0.1) is 26.7 Å². The molecule has 0 radical (unpaired) electrons. The van der Waals surface area contributed by atoms with Crippen molar-refractivity contribution in [2.45, 2.75) is 34.1 Å². The molecule has 1 aromatic carbocycles. The quantitative estimate of drug-likeness (QED) is 0.775. The third-order valence-corrected chi connectivity index (χ3v) is 3.05. The third kappa shape index (κ3) is 4.91. The Morgan fingerprint density at radius 1 is 1.20 bits per heavy atom. The van der Waals surface area contributed by atoms with Gasteiger partial charge in [0, 0.05) is 18.7 Å². The molecule has 0 aliphatic heterocycles. The zero-order valence-electron chi connectivity index (χ0n) is 12.4. The van der Waals surface area contributed by atoms with Crippen molar-refractivity contribution in [2.75, 3.05) is 11.9 Å². The van der Waals surface area contributed by atoms with Crippen molar-refractivity contribution < 1.29 is 14.7 Å². The number of hydrogen-bond donors (Lipinski definition) is 3. The molecule has 3 N–H and O–H groups in total. The Balaban J connectivity index is 2.57. The van der Waals surface area contributed by atoms with Crippen LogP contribution in [-0.2, 0) is 4.79 Å². The maximum atomic E-state index is 11.8. The first-order chi connectivity index (χ1) is 9.29. The van der Waals surface area contributed by atoms with E-state index in [0.29, 0.717) is 6.54 Å². The van der Waals surface area contributed by atoms with E-state index in [1.807, 2.05) is 32.9 Å². The average Bonchev–Trinajstić information content (AvgIpc) is 2.30. The summed E-state index contributed by atoms with van der Waals surface area (Å²) in [7, 11) is 0. The number of aliphatic carboxylic acids is 1. The van der Waals surface area contributed by atoms with E-state index in [9.17, 15) is 9.59 Å². The molecule has 0 spiro atoms. The molecule has 5 nitrogen and oxygen atoms in total. The fourth-order valence-electron chi connectivity index (χ4n) is 2.17. The number of anilines is 1. The molecular weight excluding hydrogens is 256 g/mol. The van der Waals surface area contributed by atoms with Gasteiger partial charge in [-0.3, -0.25) is 4.79 Å². The Morgan fingerprint density at radius 2 is 1.75 bits per heavy atom. The molecule has 110 valence electrons. The Bertz CT molecular complexity index is 489. The summed E-state index contributed by atoms with van der Waals surface area (Å²) in [6.45, 7) is 8.03. The second-order valence-electron chi connectivity index (χ2n) is 5.31. The number of urea groups is 1. The smallest absolute Gasteiger partial charge is 0.319 e. The molecule has 1 unspecified atom stereocenters. The van der Waals surface area contributed by atoms with Crippen molar-refractivity contribution in [1.29, 1.82) is 0 Å². The fourth-order valence-corrected chi connectivity index (χ4v) is 2.17. The van der Waals surface area contributed by atoms with Gasteiger partial charge in [-0.15, -0.1) is 0 Å². The van der Waals surface area contributed by atoms with Gasteiger partial charge >= 0.3 is 12.0 Å². The van der Waals surface area contributed by atoms with E-state index >= 15 is 0 Å². The Kier molecular flexibility index (Phi) is 5.55. The first kappa shape index (κ1) is 16.0. The summed E-state index contributed by atoms with van der Waals surface area (Å²) < 4.78 is 0. The molecule has 20 heavy (non-hydrogen) atoms. The number of rotatable bonds is 5. The maximum Gasteiger partial charge on any atom is 0.319 e. The fraction of sp³-hybridized carbons (Fsp3) is 0.467. The lowest BCUT2D eigenvalue weighted by molar-refractivity contribution is -0.137. The van der Waals surface area contributed by atoms with Crippen LogP contribution < -0.4 is 10.6 Å². The minimum atomic E-state index is -0.857. The van der Waals surface area contributed by atoms with Crippen LogP contribution in [0.1, 0.15) is 30.0 Å². The van der Waals surface area contributed by atoms with Crippen LogP contribution in [0.2, 0.25) is 0 Å². The summed E-state index contributed by atoms with van der Waals surface area (Å²) in [6.07, 6.45) is 0.0445. The molecule has 0 saturated carbocycles. The van der Waals surface area contributed by atoms with Gasteiger partial charge in [-0.25, -0.2) is 4.79 Å². The van der Waals surface area contributed by atoms with Crippen LogP contribution in [0.25, 0.3) is 0 Å². The molecule has 1 rings (SSSR count). The Labute approximate surface area is 119 Å². The zero-order chi connectivity index (χ0) is 15.3. The lowest BCUT2D eigenvalue weighted by Gasteiger charge is -2.15. The molecule has 0 saturated heterocycles. The van der Waals surface area contributed by atoms with Gasteiger partial charge in [0.15, 0.2) is 0 Å². The zero-order valence-corrected chi connectivity index (χ0v) is 12.4. The monoisotopic (exact) mass is 278 g/mol. The summed E-state index contributed by atoms with van der Waals surface area (Å²) in [5.41, 5.74) is 3.98. The summed E-state index contributed by atoms with van der Waals surface area (Å²) in [4.78, 5) is 22.4. The third-order valence-electron chi connectivity index (χ3n) is 3.05. The lowest BCUT2D eigenvalue weighted by atomic mass is 10.1. The molecule has 5 heteroatoms. The van der Waals surface area contributed by atoms with E-state index in [0.717, 1.165) is 22.4 Å². The van der Waals surface area contributed by atoms with E-state index in [1.54, 1.807) is 6.92 Å². The number of carboxylic acid groups (broad SMARTS) is 1. The Morgan fingerprint density at radius 3 is 2.25 bits per heavy atom. The lowest BCUT2D eigenvalue weighted by Crippen LogP contribution is -2.33. The van der Waals surface area contributed by atoms with Crippen molar-refractivity contribution in [1.82, 2.24) is 5.32 Å². The maximum absolute atomic E-state index is 11.8. The van der Waals surface area contributed by atoms with Crippen LogP contribution in [-0.4, -0.2) is 23.7 Å². The van der Waals surface area contributed by atoms with Crippen LogP contribution in [0.5, 0.6) is 0 Å². The minimum Gasteiger partial charge on any atom is -0.481 e. The van der Waals surface area contributed by atoms with Crippen LogP contribution >= 0.6 is 0 Å². The molecule has 0 heterocycles. The second-order valence-corrected chi connectivity index (χ2v) is 5.31. The van der Waals surface area contributed by atoms with E-state index in [1.165, 1.54) is 0 Å². The molecule has 0 aromatic heterocycles. The number of aryl methyl sites for hydroxylation is 3. The minimum absolute atomic E-state index is 0.0445. The predicted molar refractivity (Wildman–Crippen MR) is 79.1 cm³/mol.